The lowest BCUT2D eigenvalue weighted by atomic mass is 9.78. The number of hydrogen-bond donors (Lipinski definition) is 1. The van der Waals surface area contributed by atoms with Crippen molar-refractivity contribution in [1.29, 1.82) is 0 Å². The molecule has 0 saturated heterocycles. The molecule has 0 fully saturated rings. The molecule has 0 bridgehead atoms. The normalized spacial score (nSPS) is 12.2. The van der Waals surface area contributed by atoms with E-state index < -0.39 is 0 Å². The Kier molecular flexibility index (Phi) is 8.33. The molecule has 0 radical (unpaired) electrons. The second-order valence-electron chi connectivity index (χ2n) is 16.6. The average molecular weight is 711 g/mol. The van der Waals surface area contributed by atoms with Crippen molar-refractivity contribution in [3.05, 3.63) is 137 Å². The van der Waals surface area contributed by atoms with E-state index in [1.54, 1.807) is 0 Å². The molecule has 0 aliphatic carbocycles. The second-order valence-corrected chi connectivity index (χ2v) is 16.6. The zero-order chi connectivity index (χ0) is 38.1. The van der Waals surface area contributed by atoms with Crippen LogP contribution in [0.25, 0.3) is 55.5 Å². The highest BCUT2D eigenvalue weighted by atomic mass is 16.3. The summed E-state index contributed by atoms with van der Waals surface area (Å²) < 4.78 is 6.57. The van der Waals surface area contributed by atoms with Gasteiger partial charge < -0.3 is 9.52 Å². The highest BCUT2D eigenvalue weighted by Gasteiger charge is 2.29. The fraction of sp³-hybridized carbons (Fsp3) is 0.229. The first-order valence-corrected chi connectivity index (χ1v) is 18.6. The molecule has 6 nitrogen and oxygen atoms in total. The van der Waals surface area contributed by atoms with Crippen LogP contribution in [0.2, 0.25) is 0 Å². The summed E-state index contributed by atoms with van der Waals surface area (Å²) in [6.45, 7) is 19.4. The van der Waals surface area contributed by atoms with E-state index in [2.05, 4.69) is 134 Å². The molecule has 0 saturated carbocycles. The number of rotatable bonds is 5. The van der Waals surface area contributed by atoms with Gasteiger partial charge in [-0.1, -0.05) is 108 Å². The van der Waals surface area contributed by atoms with Crippen LogP contribution < -0.4 is 4.90 Å². The Morgan fingerprint density at radius 2 is 1.37 bits per heavy atom. The minimum absolute atomic E-state index is 0.181. The van der Waals surface area contributed by atoms with Gasteiger partial charge in [0.05, 0.1) is 11.4 Å². The Morgan fingerprint density at radius 1 is 0.685 bits per heavy atom. The Bertz CT molecular complexity index is 2710. The smallest absolute Gasteiger partial charge is 0.180 e. The van der Waals surface area contributed by atoms with Crippen LogP contribution >= 0.6 is 0 Å². The lowest BCUT2D eigenvalue weighted by molar-refractivity contribution is 0.446. The fourth-order valence-electron chi connectivity index (χ4n) is 7.70. The van der Waals surface area contributed by atoms with Crippen molar-refractivity contribution in [3.8, 4) is 28.4 Å². The third-order valence-electron chi connectivity index (χ3n) is 10.3. The van der Waals surface area contributed by atoms with Crippen molar-refractivity contribution in [1.82, 2.24) is 15.0 Å². The topological polar surface area (TPSA) is 75.3 Å². The quantitative estimate of drug-likeness (QED) is 0.192. The molecule has 3 heterocycles. The first-order valence-electron chi connectivity index (χ1n) is 18.6. The van der Waals surface area contributed by atoms with Crippen LogP contribution in [0.4, 0.5) is 17.2 Å². The number of aryl methyl sites for hydroxylation is 3. The van der Waals surface area contributed by atoms with E-state index in [4.69, 9.17) is 19.4 Å². The van der Waals surface area contributed by atoms with Gasteiger partial charge in [-0.15, -0.1) is 0 Å². The van der Waals surface area contributed by atoms with Crippen molar-refractivity contribution in [3.63, 3.8) is 0 Å². The summed E-state index contributed by atoms with van der Waals surface area (Å²) in [6, 6.07) is 35.4. The number of phenols is 1. The zero-order valence-corrected chi connectivity index (χ0v) is 32.5. The molecule has 0 spiro atoms. The summed E-state index contributed by atoms with van der Waals surface area (Å²) in [5.74, 6) is 1.55. The molecular formula is C48H46N4O2. The highest BCUT2D eigenvalue weighted by Crippen LogP contribution is 2.47. The summed E-state index contributed by atoms with van der Waals surface area (Å²) in [5, 5.41) is 15.1. The van der Waals surface area contributed by atoms with Gasteiger partial charge in [-0.2, -0.15) is 0 Å². The molecule has 5 aromatic carbocycles. The minimum atomic E-state index is -0.322. The molecule has 8 aromatic rings. The predicted octanol–water partition coefficient (Wildman–Crippen LogP) is 13.0. The molecule has 270 valence electrons. The Balaban J connectivity index is 1.47. The van der Waals surface area contributed by atoms with Crippen LogP contribution in [0.15, 0.2) is 114 Å². The van der Waals surface area contributed by atoms with Crippen LogP contribution in [0.5, 0.6) is 5.75 Å². The van der Waals surface area contributed by atoms with E-state index >= 15 is 0 Å². The molecule has 0 unspecified atom stereocenters. The van der Waals surface area contributed by atoms with E-state index in [0.717, 1.165) is 61.2 Å². The van der Waals surface area contributed by atoms with Crippen LogP contribution in [0, 0.1) is 20.8 Å². The SMILES string of the molecule is Cc1cc(C)c(N(c2ccccn2)c2cc(-c3nc(-c4cc(C(C)(C)C)cc(C(C)(C)C)c4O)c4oc5ccccc5c4n3)cc3ccccc23)c(C)c1. The van der Waals surface area contributed by atoms with Crippen molar-refractivity contribution in [2.75, 3.05) is 4.90 Å². The summed E-state index contributed by atoms with van der Waals surface area (Å²) in [6.07, 6.45) is 1.84. The van der Waals surface area contributed by atoms with Crippen LogP contribution in [-0.4, -0.2) is 20.1 Å². The molecule has 6 heteroatoms. The highest BCUT2D eigenvalue weighted by molar-refractivity contribution is 6.08. The maximum Gasteiger partial charge on any atom is 0.180 e. The summed E-state index contributed by atoms with van der Waals surface area (Å²) in [5.41, 5.74) is 11.0. The van der Waals surface area contributed by atoms with Crippen LogP contribution in [-0.2, 0) is 10.8 Å². The first kappa shape index (κ1) is 35.0. The molecule has 1 N–H and O–H groups in total. The largest absolute Gasteiger partial charge is 0.507 e. The van der Waals surface area contributed by atoms with Gasteiger partial charge in [0.15, 0.2) is 11.4 Å². The number of aromatic nitrogens is 3. The van der Waals surface area contributed by atoms with E-state index in [1.165, 1.54) is 5.56 Å². The Hall–Kier alpha value is -6.01. The molecule has 54 heavy (non-hydrogen) atoms. The van der Waals surface area contributed by atoms with Gasteiger partial charge in [-0.05, 0) is 96.1 Å². The lowest BCUT2D eigenvalue weighted by Gasteiger charge is -2.29. The number of pyridine rings is 1. The van der Waals surface area contributed by atoms with Crippen LogP contribution in [0.1, 0.15) is 69.4 Å². The molecule has 0 amide bonds. The van der Waals surface area contributed by atoms with Crippen molar-refractivity contribution < 1.29 is 9.52 Å². The molecule has 0 aliphatic rings. The number of furan rings is 1. The number of phenolic OH excluding ortho intramolecular Hbond substituents is 1. The fourth-order valence-corrected chi connectivity index (χ4v) is 7.70. The van der Waals surface area contributed by atoms with Crippen LogP contribution in [0.3, 0.4) is 0 Å². The Morgan fingerprint density at radius 3 is 2.06 bits per heavy atom. The number of fused-ring (bicyclic) bond motifs is 4. The maximum absolute atomic E-state index is 12.1. The minimum Gasteiger partial charge on any atom is -0.507 e. The van der Waals surface area contributed by atoms with E-state index in [-0.39, 0.29) is 16.6 Å². The van der Waals surface area contributed by atoms with Gasteiger partial charge in [0.25, 0.3) is 0 Å². The maximum atomic E-state index is 12.1. The van der Waals surface area contributed by atoms with Gasteiger partial charge in [0, 0.05) is 33.7 Å². The average Bonchev–Trinajstić information content (AvgIpc) is 3.50. The van der Waals surface area contributed by atoms with Gasteiger partial charge in [0.2, 0.25) is 0 Å². The van der Waals surface area contributed by atoms with Crippen molar-refractivity contribution in [2.45, 2.75) is 73.1 Å². The molecule has 0 atom stereocenters. The number of nitrogens with zero attached hydrogens (tertiary/aromatic N) is 4. The van der Waals surface area contributed by atoms with Gasteiger partial charge in [-0.3, -0.25) is 4.90 Å². The van der Waals surface area contributed by atoms with E-state index in [9.17, 15) is 5.11 Å². The number of anilines is 3. The van der Waals surface area contributed by atoms with Gasteiger partial charge in [0.1, 0.15) is 28.4 Å². The van der Waals surface area contributed by atoms with Crippen molar-refractivity contribution in [2.24, 2.45) is 0 Å². The van der Waals surface area contributed by atoms with Gasteiger partial charge in [-0.25, -0.2) is 15.0 Å². The standard InChI is InChI=1S/C48H46N4O2/c1-28-22-29(2)43(30(3)23-28)52(40-20-14-15-21-49-40)38-25-32(24-31-16-10-11-17-34(31)38)46-50-41-35-18-12-13-19-39(35)54-45(41)42(51-46)36-26-33(47(4,5)6)27-37(44(36)53)48(7,8)9/h10-27,53H,1-9H3. The number of aromatic hydroxyl groups is 1. The summed E-state index contributed by atoms with van der Waals surface area (Å²) in [7, 11) is 0. The molecular weight excluding hydrogens is 665 g/mol. The lowest BCUT2D eigenvalue weighted by Crippen LogP contribution is -2.17. The van der Waals surface area contributed by atoms with E-state index in [0.29, 0.717) is 33.8 Å². The molecule has 0 aliphatic heterocycles. The van der Waals surface area contributed by atoms with Crippen molar-refractivity contribution >= 4 is 50.0 Å². The third kappa shape index (κ3) is 6.06. The Labute approximate surface area is 317 Å². The number of hydrogen-bond acceptors (Lipinski definition) is 6. The monoisotopic (exact) mass is 710 g/mol. The van der Waals surface area contributed by atoms with Gasteiger partial charge >= 0.3 is 0 Å². The summed E-state index contributed by atoms with van der Waals surface area (Å²) in [4.78, 5) is 17.8. The number of benzene rings is 5. The first-order chi connectivity index (χ1) is 25.7. The predicted molar refractivity (Wildman–Crippen MR) is 223 cm³/mol. The third-order valence-corrected chi connectivity index (χ3v) is 10.3. The zero-order valence-electron chi connectivity index (χ0n) is 32.5. The molecule has 8 rings (SSSR count). The summed E-state index contributed by atoms with van der Waals surface area (Å²) >= 11 is 0. The second kappa shape index (κ2) is 12.8. The van der Waals surface area contributed by atoms with E-state index in [1.807, 2.05) is 42.6 Å². The molecule has 3 aromatic heterocycles. The number of para-hydroxylation sites is 1.